The molecule has 96 valence electrons. The fraction of sp³-hybridized carbons (Fsp3) is 0.583. The van der Waals surface area contributed by atoms with Crippen LogP contribution in [-0.4, -0.2) is 30.4 Å². The van der Waals surface area contributed by atoms with Crippen molar-refractivity contribution < 1.29 is 4.79 Å². The lowest BCUT2D eigenvalue weighted by Gasteiger charge is -2.30. The van der Waals surface area contributed by atoms with Crippen LogP contribution in [0.1, 0.15) is 30.4 Å². The minimum absolute atomic E-state index is 0.0415. The first-order chi connectivity index (χ1) is 7.89. The molecule has 0 radical (unpaired) electrons. The van der Waals surface area contributed by atoms with Crippen LogP contribution in [0.4, 0.5) is 0 Å². The Morgan fingerprint density at radius 3 is 2.59 bits per heavy atom. The van der Waals surface area contributed by atoms with Crippen molar-refractivity contribution in [2.24, 2.45) is 11.1 Å². The van der Waals surface area contributed by atoms with Crippen molar-refractivity contribution in [1.82, 2.24) is 4.90 Å². The maximum Gasteiger partial charge on any atom is 0.263 e. The normalized spacial score (nSPS) is 11.6. The quantitative estimate of drug-likeness (QED) is 0.907. The lowest BCUT2D eigenvalue weighted by atomic mass is 9.93. The summed E-state index contributed by atoms with van der Waals surface area (Å²) in [5, 5.41) is 0. The second-order valence-corrected chi connectivity index (χ2v) is 7.25. The van der Waals surface area contributed by atoms with Crippen molar-refractivity contribution in [3.8, 4) is 0 Å². The number of thiophene rings is 1. The standard InChI is InChI=1S/C12H19BrN2OS/c1-4-15(8-12(2,3)7-14)11(16)9-5-6-10(13)17-9/h5-6H,4,7-8,14H2,1-3H3. The van der Waals surface area contributed by atoms with Crippen molar-refractivity contribution in [2.75, 3.05) is 19.6 Å². The summed E-state index contributed by atoms with van der Waals surface area (Å²) in [6, 6.07) is 3.76. The van der Waals surface area contributed by atoms with Gasteiger partial charge in [0.05, 0.1) is 8.66 Å². The summed E-state index contributed by atoms with van der Waals surface area (Å²) in [4.78, 5) is 14.9. The van der Waals surface area contributed by atoms with Gasteiger partial charge >= 0.3 is 0 Å². The van der Waals surface area contributed by atoms with Crippen LogP contribution in [0.3, 0.4) is 0 Å². The zero-order valence-corrected chi connectivity index (χ0v) is 12.9. The number of rotatable bonds is 5. The minimum Gasteiger partial charge on any atom is -0.338 e. The average Bonchev–Trinajstić information content (AvgIpc) is 2.72. The molecule has 0 aliphatic heterocycles. The Balaban J connectivity index is 2.78. The molecule has 1 rings (SSSR count). The molecule has 1 aromatic heterocycles. The SMILES string of the molecule is CCN(CC(C)(C)CN)C(=O)c1ccc(Br)s1. The molecule has 0 atom stereocenters. The van der Waals surface area contributed by atoms with Gasteiger partial charge < -0.3 is 10.6 Å². The van der Waals surface area contributed by atoms with Crippen LogP contribution in [0.2, 0.25) is 0 Å². The maximum atomic E-state index is 12.3. The fourth-order valence-corrected chi connectivity index (χ4v) is 2.85. The topological polar surface area (TPSA) is 46.3 Å². The zero-order valence-electron chi connectivity index (χ0n) is 10.5. The molecule has 0 spiro atoms. The van der Waals surface area contributed by atoms with Gasteiger partial charge in [0.25, 0.3) is 5.91 Å². The summed E-state index contributed by atoms with van der Waals surface area (Å²) >= 11 is 4.84. The van der Waals surface area contributed by atoms with Gasteiger partial charge in [0.1, 0.15) is 0 Å². The Morgan fingerprint density at radius 2 is 2.18 bits per heavy atom. The van der Waals surface area contributed by atoms with Gasteiger partial charge in [-0.25, -0.2) is 0 Å². The van der Waals surface area contributed by atoms with Gasteiger partial charge in [-0.2, -0.15) is 0 Å². The van der Waals surface area contributed by atoms with Gasteiger partial charge in [0.2, 0.25) is 0 Å². The molecule has 0 unspecified atom stereocenters. The fourth-order valence-electron chi connectivity index (χ4n) is 1.49. The summed E-state index contributed by atoms with van der Waals surface area (Å²) < 4.78 is 0.981. The lowest BCUT2D eigenvalue weighted by molar-refractivity contribution is 0.0706. The molecule has 1 heterocycles. The van der Waals surface area contributed by atoms with Crippen molar-refractivity contribution in [3.63, 3.8) is 0 Å². The van der Waals surface area contributed by atoms with E-state index in [4.69, 9.17) is 5.73 Å². The highest BCUT2D eigenvalue weighted by Gasteiger charge is 2.24. The van der Waals surface area contributed by atoms with E-state index in [9.17, 15) is 4.79 Å². The first-order valence-electron chi connectivity index (χ1n) is 5.64. The van der Waals surface area contributed by atoms with Gasteiger partial charge in [-0.3, -0.25) is 4.79 Å². The highest BCUT2D eigenvalue weighted by Crippen LogP contribution is 2.24. The molecule has 1 amide bonds. The first kappa shape index (κ1) is 14.7. The molecule has 0 saturated heterocycles. The van der Waals surface area contributed by atoms with Crippen molar-refractivity contribution in [2.45, 2.75) is 20.8 Å². The molecular weight excluding hydrogens is 300 g/mol. The summed E-state index contributed by atoms with van der Waals surface area (Å²) in [5.74, 6) is 0.0877. The van der Waals surface area contributed by atoms with E-state index in [-0.39, 0.29) is 11.3 Å². The van der Waals surface area contributed by atoms with Crippen LogP contribution in [0.5, 0.6) is 0 Å². The summed E-state index contributed by atoms with van der Waals surface area (Å²) in [7, 11) is 0. The number of hydrogen-bond donors (Lipinski definition) is 1. The zero-order chi connectivity index (χ0) is 13.1. The van der Waals surface area contributed by atoms with Crippen LogP contribution in [0.25, 0.3) is 0 Å². The van der Waals surface area contributed by atoms with Crippen LogP contribution < -0.4 is 5.73 Å². The number of amides is 1. The number of nitrogens with two attached hydrogens (primary N) is 1. The summed E-state index contributed by atoms with van der Waals surface area (Å²) in [6.07, 6.45) is 0. The molecule has 0 aliphatic carbocycles. The summed E-state index contributed by atoms with van der Waals surface area (Å²) in [5.41, 5.74) is 5.67. The highest BCUT2D eigenvalue weighted by molar-refractivity contribution is 9.11. The van der Waals surface area contributed by atoms with Crippen LogP contribution >= 0.6 is 27.3 Å². The molecular formula is C12H19BrN2OS. The van der Waals surface area contributed by atoms with Crippen LogP contribution in [0, 0.1) is 5.41 Å². The Bertz CT molecular complexity index is 390. The molecule has 0 aromatic carbocycles. The first-order valence-corrected chi connectivity index (χ1v) is 7.25. The van der Waals surface area contributed by atoms with Gasteiger partial charge in [0.15, 0.2) is 0 Å². The Hall–Kier alpha value is -0.390. The van der Waals surface area contributed by atoms with E-state index in [2.05, 4.69) is 29.8 Å². The number of halogens is 1. The van der Waals surface area contributed by atoms with E-state index in [1.165, 1.54) is 11.3 Å². The van der Waals surface area contributed by atoms with Crippen LogP contribution in [0.15, 0.2) is 15.9 Å². The third kappa shape index (κ3) is 4.08. The maximum absolute atomic E-state index is 12.3. The monoisotopic (exact) mass is 318 g/mol. The summed E-state index contributed by atoms with van der Waals surface area (Å²) in [6.45, 7) is 8.12. The second-order valence-electron chi connectivity index (χ2n) is 4.79. The van der Waals surface area contributed by atoms with Gasteiger partial charge in [-0.15, -0.1) is 11.3 Å². The van der Waals surface area contributed by atoms with Gasteiger partial charge in [-0.05, 0) is 46.9 Å². The van der Waals surface area contributed by atoms with E-state index in [1.807, 2.05) is 24.0 Å². The molecule has 0 bridgehead atoms. The molecule has 0 aliphatic rings. The smallest absolute Gasteiger partial charge is 0.263 e. The predicted octanol–water partition coefficient (Wildman–Crippen LogP) is 2.96. The number of carbonyl (C=O) groups is 1. The largest absolute Gasteiger partial charge is 0.338 e. The number of carbonyl (C=O) groups excluding carboxylic acids is 1. The molecule has 3 nitrogen and oxygen atoms in total. The third-order valence-corrected chi connectivity index (χ3v) is 4.24. The molecule has 5 heteroatoms. The highest BCUT2D eigenvalue weighted by atomic mass is 79.9. The van der Waals surface area contributed by atoms with E-state index < -0.39 is 0 Å². The van der Waals surface area contributed by atoms with Gasteiger partial charge in [-0.1, -0.05) is 13.8 Å². The van der Waals surface area contributed by atoms with Crippen molar-refractivity contribution in [3.05, 3.63) is 20.8 Å². The molecule has 0 saturated carbocycles. The third-order valence-electron chi connectivity index (χ3n) is 2.62. The molecule has 17 heavy (non-hydrogen) atoms. The second kappa shape index (κ2) is 5.98. The van der Waals surface area contributed by atoms with E-state index in [0.717, 1.165) is 8.66 Å². The lowest BCUT2D eigenvalue weighted by Crippen LogP contribution is -2.41. The predicted molar refractivity (Wildman–Crippen MR) is 76.4 cm³/mol. The minimum atomic E-state index is -0.0415. The van der Waals surface area contributed by atoms with E-state index in [0.29, 0.717) is 19.6 Å². The van der Waals surface area contributed by atoms with Crippen molar-refractivity contribution in [1.29, 1.82) is 0 Å². The van der Waals surface area contributed by atoms with E-state index in [1.54, 1.807) is 0 Å². The number of nitrogens with zero attached hydrogens (tertiary/aromatic N) is 1. The Morgan fingerprint density at radius 1 is 1.53 bits per heavy atom. The van der Waals surface area contributed by atoms with Crippen LogP contribution in [-0.2, 0) is 0 Å². The molecule has 0 fully saturated rings. The average molecular weight is 319 g/mol. The Kier molecular flexibility index (Phi) is 5.16. The molecule has 1 aromatic rings. The van der Waals surface area contributed by atoms with Crippen molar-refractivity contribution >= 4 is 33.2 Å². The Labute approximate surface area is 115 Å². The van der Waals surface area contributed by atoms with E-state index >= 15 is 0 Å². The van der Waals surface area contributed by atoms with Gasteiger partial charge in [0, 0.05) is 13.1 Å². The molecule has 2 N–H and O–H groups in total. The number of hydrogen-bond acceptors (Lipinski definition) is 3.